The first-order valence-corrected chi connectivity index (χ1v) is 6.24. The Balaban J connectivity index is 1.74. The van der Waals surface area contributed by atoms with E-state index in [1.54, 1.807) is 36.4 Å². The fourth-order valence-electron chi connectivity index (χ4n) is 1.46. The van der Waals surface area contributed by atoms with Crippen molar-refractivity contribution in [2.75, 3.05) is 6.79 Å². The lowest BCUT2D eigenvalue weighted by molar-refractivity contribution is -0.00115. The number of esters is 1. The van der Waals surface area contributed by atoms with Gasteiger partial charge in [-0.1, -0.05) is 24.3 Å². The smallest absolute Gasteiger partial charge is 0.415 e. The van der Waals surface area contributed by atoms with Crippen LogP contribution >= 0.6 is 0 Å². The quantitative estimate of drug-likeness (QED) is 0.387. The molecule has 0 atom stereocenters. The largest absolute Gasteiger partial charge is 0.424 e. The van der Waals surface area contributed by atoms with E-state index in [9.17, 15) is 9.59 Å². The summed E-state index contributed by atoms with van der Waals surface area (Å²) in [5, 5.41) is 9.78. The van der Waals surface area contributed by atoms with Crippen molar-refractivity contribution in [3.05, 3.63) is 66.0 Å². The van der Waals surface area contributed by atoms with Crippen molar-refractivity contribution >= 4 is 17.9 Å². The molecule has 1 amide bonds. The zero-order chi connectivity index (χ0) is 15.8. The van der Waals surface area contributed by atoms with Crippen molar-refractivity contribution in [2.45, 2.75) is 0 Å². The molecular weight excluding hydrogens is 286 g/mol. The molecule has 0 aliphatic rings. The number of amides is 1. The maximum Gasteiger partial charge on any atom is 0.415 e. The minimum Gasteiger partial charge on any atom is -0.424 e. The van der Waals surface area contributed by atoms with Crippen LogP contribution in [0.5, 0.6) is 0 Å². The lowest BCUT2D eigenvalue weighted by atomic mass is 10.2. The van der Waals surface area contributed by atoms with Gasteiger partial charge in [-0.25, -0.2) is 9.59 Å². The minimum absolute atomic E-state index is 0.228. The lowest BCUT2D eigenvalue weighted by Crippen LogP contribution is -2.32. The summed E-state index contributed by atoms with van der Waals surface area (Å²) in [6, 6.07) is 14.1. The number of aromatic nitrogens is 1. The molecule has 22 heavy (non-hydrogen) atoms. The Hall–Kier alpha value is -3.22. The highest BCUT2D eigenvalue weighted by atomic mass is 16.7. The van der Waals surface area contributed by atoms with Crippen LogP contribution in [0.25, 0.3) is 0 Å². The maximum atomic E-state index is 11.6. The molecule has 0 saturated carbocycles. The molecule has 0 spiro atoms. The van der Waals surface area contributed by atoms with Crippen LogP contribution in [-0.2, 0) is 9.47 Å². The molecule has 2 rings (SSSR count). The third kappa shape index (κ3) is 4.41. The van der Waals surface area contributed by atoms with Gasteiger partial charge in [0.1, 0.15) is 5.69 Å². The number of benzene rings is 1. The number of nitrogens with zero attached hydrogens (tertiary/aromatic N) is 1. The Kier molecular flexibility index (Phi) is 5.20. The Morgan fingerprint density at radius 3 is 2.64 bits per heavy atom. The summed E-state index contributed by atoms with van der Waals surface area (Å²) in [6.07, 6.45) is 0.457. The first-order valence-electron chi connectivity index (χ1n) is 6.24. The summed E-state index contributed by atoms with van der Waals surface area (Å²) >= 11 is 0. The standard InChI is InChI=1S/C15H12N3O4/c16-13(12-8-4-5-9-17-12)18-15(20)22-10-21-14(19)11-6-2-1-3-7-11/h1-4,6-9H,10H2,(H2,16,18,20). The highest BCUT2D eigenvalue weighted by molar-refractivity contribution is 6.03. The number of nitrogens with one attached hydrogen (secondary N) is 2. The predicted octanol–water partition coefficient (Wildman–Crippen LogP) is 1.75. The number of carbonyl (C=O) groups is 2. The summed E-state index contributed by atoms with van der Waals surface area (Å²) in [4.78, 5) is 26.9. The molecule has 0 fully saturated rings. The van der Waals surface area contributed by atoms with Crippen molar-refractivity contribution < 1.29 is 19.1 Å². The Bertz CT molecular complexity index is 659. The molecule has 7 nitrogen and oxygen atoms in total. The number of ether oxygens (including phenoxy) is 2. The lowest BCUT2D eigenvalue weighted by Gasteiger charge is -2.08. The minimum atomic E-state index is -0.916. The van der Waals surface area contributed by atoms with Crippen LogP contribution in [0.3, 0.4) is 0 Å². The molecule has 0 bridgehead atoms. The topological polar surface area (TPSA) is 101 Å². The van der Waals surface area contributed by atoms with Crippen molar-refractivity contribution in [2.24, 2.45) is 0 Å². The number of hydrogen-bond donors (Lipinski definition) is 2. The number of rotatable bonds is 4. The van der Waals surface area contributed by atoms with E-state index in [0.29, 0.717) is 5.56 Å². The van der Waals surface area contributed by atoms with Gasteiger partial charge >= 0.3 is 12.1 Å². The second-order valence-corrected chi connectivity index (χ2v) is 3.99. The molecule has 7 heteroatoms. The van der Waals surface area contributed by atoms with E-state index in [0.717, 1.165) is 0 Å². The van der Waals surface area contributed by atoms with Crippen LogP contribution in [0.1, 0.15) is 16.1 Å². The molecule has 111 valence electrons. The van der Waals surface area contributed by atoms with Crippen LogP contribution in [0, 0.1) is 11.5 Å². The van der Waals surface area contributed by atoms with Crippen molar-refractivity contribution in [1.82, 2.24) is 10.3 Å². The van der Waals surface area contributed by atoms with Gasteiger partial charge in [-0.2, -0.15) is 0 Å². The Morgan fingerprint density at radius 2 is 1.95 bits per heavy atom. The van der Waals surface area contributed by atoms with Crippen LogP contribution in [0.15, 0.2) is 48.7 Å². The third-order valence-corrected chi connectivity index (χ3v) is 2.49. The van der Waals surface area contributed by atoms with Gasteiger partial charge in [-0.05, 0) is 18.2 Å². The first-order chi connectivity index (χ1) is 10.7. The van der Waals surface area contributed by atoms with E-state index in [4.69, 9.17) is 10.1 Å². The molecule has 0 saturated heterocycles. The molecule has 2 aromatic rings. The van der Waals surface area contributed by atoms with Gasteiger partial charge in [0, 0.05) is 12.3 Å². The summed E-state index contributed by atoms with van der Waals surface area (Å²) in [6.45, 7) is -0.553. The summed E-state index contributed by atoms with van der Waals surface area (Å²) in [5.74, 6) is -0.836. The first kappa shape index (κ1) is 15.2. The number of alkyl carbamates (subject to hydrolysis) is 1. The highest BCUT2D eigenvalue weighted by Crippen LogP contribution is 2.01. The maximum absolute atomic E-state index is 11.6. The third-order valence-electron chi connectivity index (χ3n) is 2.49. The van der Waals surface area contributed by atoms with Gasteiger partial charge in [-0.15, -0.1) is 0 Å². The number of pyridine rings is 1. The monoisotopic (exact) mass is 298 g/mol. The fraction of sp³-hybridized carbons (Fsp3) is 0.0667. The van der Waals surface area contributed by atoms with Crippen LogP contribution < -0.4 is 5.32 Å². The van der Waals surface area contributed by atoms with E-state index >= 15 is 0 Å². The van der Waals surface area contributed by atoms with Gasteiger partial charge in [0.2, 0.25) is 6.79 Å². The average molecular weight is 298 g/mol. The van der Waals surface area contributed by atoms with E-state index < -0.39 is 18.9 Å². The van der Waals surface area contributed by atoms with Gasteiger partial charge in [0.15, 0.2) is 5.84 Å². The number of carbonyl (C=O) groups excluding carboxylic acids is 2. The molecule has 0 unspecified atom stereocenters. The summed E-state index contributed by atoms with van der Waals surface area (Å²) in [5.41, 5.74) is 0.612. The van der Waals surface area contributed by atoms with E-state index in [1.807, 2.05) is 0 Å². The molecule has 1 radical (unpaired) electrons. The Morgan fingerprint density at radius 1 is 1.18 bits per heavy atom. The van der Waals surface area contributed by atoms with Crippen LogP contribution in [0.2, 0.25) is 0 Å². The van der Waals surface area contributed by atoms with Crippen molar-refractivity contribution in [3.63, 3.8) is 0 Å². The number of amidine groups is 1. The van der Waals surface area contributed by atoms with Crippen molar-refractivity contribution in [3.8, 4) is 0 Å². The van der Waals surface area contributed by atoms with Crippen LogP contribution in [0.4, 0.5) is 4.79 Å². The summed E-state index contributed by atoms with van der Waals surface area (Å²) < 4.78 is 9.43. The zero-order valence-corrected chi connectivity index (χ0v) is 11.4. The molecule has 0 aliphatic heterocycles. The van der Waals surface area contributed by atoms with Gasteiger partial charge in [0.25, 0.3) is 0 Å². The molecule has 1 aromatic heterocycles. The van der Waals surface area contributed by atoms with E-state index in [-0.39, 0.29) is 11.5 Å². The molecule has 1 heterocycles. The van der Waals surface area contributed by atoms with Gasteiger partial charge < -0.3 is 9.47 Å². The van der Waals surface area contributed by atoms with E-state index in [1.165, 1.54) is 12.3 Å². The zero-order valence-electron chi connectivity index (χ0n) is 11.4. The van der Waals surface area contributed by atoms with Gasteiger partial charge in [-0.3, -0.25) is 15.7 Å². The molecule has 1 aromatic carbocycles. The average Bonchev–Trinajstić information content (AvgIpc) is 2.56. The second-order valence-electron chi connectivity index (χ2n) is 3.99. The van der Waals surface area contributed by atoms with Gasteiger partial charge in [0.05, 0.1) is 5.56 Å². The van der Waals surface area contributed by atoms with E-state index in [2.05, 4.69) is 21.1 Å². The molecular formula is C15H12N3O4. The predicted molar refractivity (Wildman–Crippen MR) is 76.2 cm³/mol. The van der Waals surface area contributed by atoms with Crippen LogP contribution in [-0.4, -0.2) is 29.7 Å². The number of hydrogen-bond acceptors (Lipinski definition) is 6. The Labute approximate surface area is 126 Å². The molecule has 2 N–H and O–H groups in total. The highest BCUT2D eigenvalue weighted by Gasteiger charge is 2.10. The SMILES string of the molecule is N=C(NC(=O)OCOC(=O)c1ccccc1)c1cc[c]cn1. The van der Waals surface area contributed by atoms with Crippen molar-refractivity contribution in [1.29, 1.82) is 5.41 Å². The normalized spacial score (nSPS) is 9.64. The second kappa shape index (κ2) is 7.53. The fourth-order valence-corrected chi connectivity index (χ4v) is 1.46. The molecule has 0 aliphatic carbocycles. The summed E-state index contributed by atoms with van der Waals surface area (Å²) in [7, 11) is 0.